The smallest absolute Gasteiger partial charge is 0.0803 e. The summed E-state index contributed by atoms with van der Waals surface area (Å²) in [6, 6.07) is 53.5. The third-order valence-electron chi connectivity index (χ3n) is 9.23. The average molecular weight is 533 g/mol. The average Bonchev–Trinajstić information content (AvgIpc) is 3.61. The molecule has 194 valence electrons. The van der Waals surface area contributed by atoms with E-state index in [0.717, 1.165) is 0 Å². The Labute approximate surface area is 241 Å². The summed E-state index contributed by atoms with van der Waals surface area (Å²) in [6.07, 6.45) is 0. The van der Waals surface area contributed by atoms with E-state index in [-0.39, 0.29) is 0 Å². The number of hydrogen-bond donors (Lipinski definition) is 0. The molecule has 0 aliphatic heterocycles. The zero-order valence-electron chi connectivity index (χ0n) is 22.8. The molecule has 0 amide bonds. The van der Waals surface area contributed by atoms with Crippen LogP contribution < -0.4 is 0 Å². The first-order chi connectivity index (χ1) is 20.9. The molecule has 0 saturated heterocycles. The number of benzene rings is 7. The molecule has 0 aliphatic carbocycles. The molecule has 10 aromatic rings. The van der Waals surface area contributed by atoms with E-state index in [1.807, 2.05) is 0 Å². The van der Waals surface area contributed by atoms with Crippen molar-refractivity contribution in [2.75, 3.05) is 0 Å². The van der Waals surface area contributed by atoms with Gasteiger partial charge in [-0.3, -0.25) is 0 Å². The van der Waals surface area contributed by atoms with Gasteiger partial charge in [0.2, 0.25) is 0 Å². The summed E-state index contributed by atoms with van der Waals surface area (Å²) >= 11 is 0. The maximum absolute atomic E-state index is 2.49. The van der Waals surface area contributed by atoms with E-state index in [0.29, 0.717) is 0 Å². The first kappa shape index (κ1) is 22.1. The van der Waals surface area contributed by atoms with Crippen LogP contribution in [0.25, 0.3) is 87.1 Å². The van der Waals surface area contributed by atoms with Crippen LogP contribution in [0.15, 0.2) is 146 Å². The van der Waals surface area contributed by atoms with Crippen LogP contribution in [0.5, 0.6) is 0 Å². The molecule has 2 nitrogen and oxygen atoms in total. The van der Waals surface area contributed by atoms with Crippen molar-refractivity contribution in [3.8, 4) is 5.69 Å². The summed E-state index contributed by atoms with van der Waals surface area (Å²) in [5.74, 6) is 0. The molecule has 0 aliphatic rings. The molecule has 0 N–H and O–H groups in total. The topological polar surface area (TPSA) is 9.34 Å². The van der Waals surface area contributed by atoms with Crippen molar-refractivity contribution in [2.45, 2.75) is 0 Å². The Bertz CT molecular complexity index is 2700. The molecule has 0 saturated carbocycles. The number of rotatable bonds is 1. The molecular formula is C40H24N2. The zero-order chi connectivity index (χ0) is 27.4. The fourth-order valence-electron chi connectivity index (χ4n) is 7.51. The quantitative estimate of drug-likeness (QED) is 0.186. The highest BCUT2D eigenvalue weighted by Gasteiger charge is 2.21. The van der Waals surface area contributed by atoms with Crippen LogP contribution in [0.3, 0.4) is 0 Å². The molecule has 0 bridgehead atoms. The second kappa shape index (κ2) is 7.99. The van der Waals surface area contributed by atoms with E-state index in [2.05, 4.69) is 155 Å². The van der Waals surface area contributed by atoms with E-state index in [1.165, 1.54) is 87.1 Å². The minimum Gasteiger partial charge on any atom is -0.307 e. The van der Waals surface area contributed by atoms with Gasteiger partial charge in [-0.25, -0.2) is 0 Å². The van der Waals surface area contributed by atoms with E-state index in [4.69, 9.17) is 0 Å². The van der Waals surface area contributed by atoms with Crippen LogP contribution in [-0.2, 0) is 0 Å². The number of para-hydroxylation sites is 2. The predicted octanol–water partition coefficient (Wildman–Crippen LogP) is 10.8. The Kier molecular flexibility index (Phi) is 4.21. The number of hydrogen-bond acceptors (Lipinski definition) is 0. The van der Waals surface area contributed by atoms with Gasteiger partial charge in [-0.05, 0) is 62.6 Å². The van der Waals surface area contributed by atoms with Crippen molar-refractivity contribution < 1.29 is 0 Å². The molecule has 0 atom stereocenters. The largest absolute Gasteiger partial charge is 0.307 e. The summed E-state index contributed by atoms with van der Waals surface area (Å²) in [5.41, 5.74) is 7.37. The Balaban J connectivity index is 1.45. The van der Waals surface area contributed by atoms with Crippen molar-refractivity contribution in [1.29, 1.82) is 0 Å². The summed E-state index contributed by atoms with van der Waals surface area (Å²) in [7, 11) is 0. The minimum absolute atomic E-state index is 1.18. The molecular weight excluding hydrogens is 508 g/mol. The van der Waals surface area contributed by atoms with Crippen LogP contribution in [0.2, 0.25) is 0 Å². The first-order valence-electron chi connectivity index (χ1n) is 14.5. The maximum Gasteiger partial charge on any atom is 0.0803 e. The molecule has 0 unspecified atom stereocenters. The van der Waals surface area contributed by atoms with Crippen LogP contribution >= 0.6 is 0 Å². The summed E-state index contributed by atoms with van der Waals surface area (Å²) < 4.78 is 4.97. The Morgan fingerprint density at radius 3 is 1.55 bits per heavy atom. The third-order valence-corrected chi connectivity index (χ3v) is 9.23. The SMILES string of the molecule is c1ccc2c(c1)cc1c3ccccc3c3c(c4ccccc4n3-c3ccc4c5ccccc5c5ccccc5c4c3)n21. The lowest BCUT2D eigenvalue weighted by molar-refractivity contribution is 1.19. The van der Waals surface area contributed by atoms with Gasteiger partial charge in [0.05, 0.1) is 27.6 Å². The minimum atomic E-state index is 1.18. The van der Waals surface area contributed by atoms with Crippen molar-refractivity contribution >= 4 is 81.4 Å². The molecule has 0 spiro atoms. The molecule has 10 rings (SSSR count). The van der Waals surface area contributed by atoms with Crippen LogP contribution in [0.1, 0.15) is 0 Å². The van der Waals surface area contributed by atoms with Crippen LogP contribution in [-0.4, -0.2) is 8.97 Å². The number of aromatic nitrogens is 2. The lowest BCUT2D eigenvalue weighted by Gasteiger charge is -2.15. The molecule has 42 heavy (non-hydrogen) atoms. The number of nitrogens with zero attached hydrogens (tertiary/aromatic N) is 2. The van der Waals surface area contributed by atoms with Crippen LogP contribution in [0, 0.1) is 0 Å². The van der Waals surface area contributed by atoms with E-state index in [9.17, 15) is 0 Å². The fourth-order valence-corrected chi connectivity index (χ4v) is 7.51. The molecule has 3 heterocycles. The van der Waals surface area contributed by atoms with Crippen LogP contribution in [0.4, 0.5) is 0 Å². The number of fused-ring (bicyclic) bond motifs is 16. The molecule has 2 heteroatoms. The van der Waals surface area contributed by atoms with Gasteiger partial charge < -0.3 is 8.97 Å². The Morgan fingerprint density at radius 2 is 0.833 bits per heavy atom. The molecule has 0 fully saturated rings. The van der Waals surface area contributed by atoms with Gasteiger partial charge in [0.15, 0.2) is 0 Å². The standard InChI is InChI=1S/C40H24N2/c1-9-19-36-25(11-1)23-38-32-16-6-7-17-33(32)39-40(42(36)38)34-18-8-10-20-37(34)41(39)26-21-22-31-29-14-3-2-12-27(29)28-13-4-5-15-30(28)35(31)24-26/h1-24H. The Hall–Kier alpha value is -5.60. The zero-order valence-corrected chi connectivity index (χ0v) is 22.8. The predicted molar refractivity (Wildman–Crippen MR) is 179 cm³/mol. The van der Waals surface area contributed by atoms with Gasteiger partial charge >= 0.3 is 0 Å². The van der Waals surface area contributed by atoms with Gasteiger partial charge in [0.25, 0.3) is 0 Å². The molecule has 7 aromatic carbocycles. The maximum atomic E-state index is 2.49. The van der Waals surface area contributed by atoms with Crippen molar-refractivity contribution in [2.24, 2.45) is 0 Å². The number of pyridine rings is 1. The first-order valence-corrected chi connectivity index (χ1v) is 14.5. The van der Waals surface area contributed by atoms with Crippen molar-refractivity contribution in [3.05, 3.63) is 146 Å². The summed E-state index contributed by atoms with van der Waals surface area (Å²) in [6.45, 7) is 0. The highest BCUT2D eigenvalue weighted by atomic mass is 15.0. The van der Waals surface area contributed by atoms with E-state index < -0.39 is 0 Å². The van der Waals surface area contributed by atoms with Gasteiger partial charge in [0, 0.05) is 27.2 Å². The fraction of sp³-hybridized carbons (Fsp3) is 0. The third kappa shape index (κ3) is 2.74. The molecule has 0 radical (unpaired) electrons. The normalized spacial score (nSPS) is 12.3. The Morgan fingerprint density at radius 1 is 0.310 bits per heavy atom. The monoisotopic (exact) mass is 532 g/mol. The second-order valence-electron chi connectivity index (χ2n) is 11.3. The summed E-state index contributed by atoms with van der Waals surface area (Å²) in [5, 5.41) is 12.8. The van der Waals surface area contributed by atoms with Crippen molar-refractivity contribution in [3.63, 3.8) is 0 Å². The van der Waals surface area contributed by atoms with E-state index >= 15 is 0 Å². The van der Waals surface area contributed by atoms with Crippen molar-refractivity contribution in [1.82, 2.24) is 8.97 Å². The van der Waals surface area contributed by atoms with Gasteiger partial charge in [-0.1, -0.05) is 115 Å². The van der Waals surface area contributed by atoms with Gasteiger partial charge in [-0.15, -0.1) is 0 Å². The van der Waals surface area contributed by atoms with Gasteiger partial charge in [-0.2, -0.15) is 0 Å². The van der Waals surface area contributed by atoms with Gasteiger partial charge in [0.1, 0.15) is 0 Å². The highest BCUT2D eigenvalue weighted by molar-refractivity contribution is 6.26. The molecule has 3 aromatic heterocycles. The lowest BCUT2D eigenvalue weighted by Crippen LogP contribution is -1.97. The van der Waals surface area contributed by atoms with E-state index in [1.54, 1.807) is 0 Å². The lowest BCUT2D eigenvalue weighted by atomic mass is 9.94. The second-order valence-corrected chi connectivity index (χ2v) is 11.3. The summed E-state index contributed by atoms with van der Waals surface area (Å²) in [4.78, 5) is 0. The highest BCUT2D eigenvalue weighted by Crippen LogP contribution is 2.42.